The standard InChI is InChI=1S/C31H32N2O6S/c1-21-28(27(34)20-38-19-16-22-6-4-3-5-7-22)29(39-32-21)25-10-8-23(9-11-25)24-12-14-26(15-13-24)31(17-18-31)30(35)33-40(2,36)37/h3-15,27,34H,16-20H2,1-2H3,(H,33,35)/t27-/m1/s1. The number of sulfonamides is 1. The Hall–Kier alpha value is -3.79. The summed E-state index contributed by atoms with van der Waals surface area (Å²) in [4.78, 5) is 12.6. The summed E-state index contributed by atoms with van der Waals surface area (Å²) in [6.45, 7) is 2.43. The molecule has 0 bridgehead atoms. The third-order valence-electron chi connectivity index (χ3n) is 7.28. The maximum absolute atomic E-state index is 12.6. The molecule has 0 saturated heterocycles. The molecule has 1 aromatic heterocycles. The monoisotopic (exact) mass is 560 g/mol. The Kier molecular flexibility index (Phi) is 7.89. The molecular formula is C31H32N2O6S. The van der Waals surface area contributed by atoms with Gasteiger partial charge in [0.1, 0.15) is 6.10 Å². The molecular weight excluding hydrogens is 528 g/mol. The lowest BCUT2D eigenvalue weighted by Gasteiger charge is -2.15. The largest absolute Gasteiger partial charge is 0.386 e. The van der Waals surface area contributed by atoms with Gasteiger partial charge in [-0.25, -0.2) is 8.42 Å². The van der Waals surface area contributed by atoms with Crippen LogP contribution in [0.25, 0.3) is 22.5 Å². The third kappa shape index (κ3) is 6.17. The van der Waals surface area contributed by atoms with E-state index in [0.717, 1.165) is 34.9 Å². The lowest BCUT2D eigenvalue weighted by atomic mass is 9.93. The number of benzene rings is 3. The minimum absolute atomic E-state index is 0.135. The van der Waals surface area contributed by atoms with Gasteiger partial charge in [0.05, 0.1) is 36.1 Å². The highest BCUT2D eigenvalue weighted by Crippen LogP contribution is 2.48. The quantitative estimate of drug-likeness (QED) is 0.255. The molecule has 1 atom stereocenters. The van der Waals surface area contributed by atoms with Crippen LogP contribution in [0.5, 0.6) is 0 Å². The van der Waals surface area contributed by atoms with Crippen LogP contribution in [0.3, 0.4) is 0 Å². The molecule has 9 heteroatoms. The van der Waals surface area contributed by atoms with Gasteiger partial charge in [-0.1, -0.05) is 84.0 Å². The van der Waals surface area contributed by atoms with Crippen LogP contribution in [0.2, 0.25) is 0 Å². The van der Waals surface area contributed by atoms with Crippen molar-refractivity contribution in [2.75, 3.05) is 19.5 Å². The first kappa shape index (κ1) is 27.8. The van der Waals surface area contributed by atoms with Crippen LogP contribution in [0.15, 0.2) is 83.4 Å². The predicted octanol–water partition coefficient (Wildman–Crippen LogP) is 4.72. The molecule has 3 aromatic carbocycles. The highest BCUT2D eigenvalue weighted by atomic mass is 32.2. The van der Waals surface area contributed by atoms with E-state index in [-0.39, 0.29) is 6.61 Å². The zero-order valence-corrected chi connectivity index (χ0v) is 23.3. The number of aromatic nitrogens is 1. The summed E-state index contributed by atoms with van der Waals surface area (Å²) in [5.41, 5.74) is 5.13. The van der Waals surface area contributed by atoms with Gasteiger partial charge in [0.2, 0.25) is 15.9 Å². The summed E-state index contributed by atoms with van der Waals surface area (Å²) in [7, 11) is -3.61. The van der Waals surface area contributed by atoms with E-state index >= 15 is 0 Å². The molecule has 1 amide bonds. The summed E-state index contributed by atoms with van der Waals surface area (Å²) in [5.74, 6) is 0.0279. The Morgan fingerprint density at radius 2 is 1.60 bits per heavy atom. The molecule has 2 N–H and O–H groups in total. The van der Waals surface area contributed by atoms with Crippen LogP contribution < -0.4 is 4.72 Å². The van der Waals surface area contributed by atoms with Crippen LogP contribution in [-0.4, -0.2) is 44.1 Å². The molecule has 8 nitrogen and oxygen atoms in total. The molecule has 1 saturated carbocycles. The van der Waals surface area contributed by atoms with Gasteiger partial charge >= 0.3 is 0 Å². The lowest BCUT2D eigenvalue weighted by molar-refractivity contribution is -0.121. The first-order valence-corrected chi connectivity index (χ1v) is 15.0. The highest BCUT2D eigenvalue weighted by Gasteiger charge is 2.52. The zero-order valence-electron chi connectivity index (χ0n) is 22.5. The number of rotatable bonds is 11. The molecule has 208 valence electrons. The van der Waals surface area contributed by atoms with Gasteiger partial charge in [-0.3, -0.25) is 9.52 Å². The molecule has 4 aromatic rings. The van der Waals surface area contributed by atoms with Crippen molar-refractivity contribution >= 4 is 15.9 Å². The summed E-state index contributed by atoms with van der Waals surface area (Å²) in [6.07, 6.45) is 2.11. The van der Waals surface area contributed by atoms with E-state index in [2.05, 4.69) is 9.88 Å². The number of hydrogen-bond acceptors (Lipinski definition) is 7. The van der Waals surface area contributed by atoms with Crippen LogP contribution in [0.4, 0.5) is 0 Å². The van der Waals surface area contributed by atoms with Crippen LogP contribution >= 0.6 is 0 Å². The number of amides is 1. The number of hydrogen-bond donors (Lipinski definition) is 2. The van der Waals surface area contributed by atoms with Gasteiger partial charge in [0, 0.05) is 5.56 Å². The fourth-order valence-electron chi connectivity index (χ4n) is 4.92. The number of ether oxygens (including phenoxy) is 1. The summed E-state index contributed by atoms with van der Waals surface area (Å²) >= 11 is 0. The van der Waals surface area contributed by atoms with Crippen molar-refractivity contribution in [1.29, 1.82) is 0 Å². The van der Waals surface area contributed by atoms with Crippen molar-refractivity contribution in [2.24, 2.45) is 0 Å². The molecule has 0 radical (unpaired) electrons. The fraction of sp³-hybridized carbons (Fsp3) is 0.290. The van der Waals surface area contributed by atoms with Gasteiger partial charge in [-0.2, -0.15) is 0 Å². The van der Waals surface area contributed by atoms with Gasteiger partial charge in [-0.05, 0) is 48.4 Å². The predicted molar refractivity (Wildman–Crippen MR) is 152 cm³/mol. The Morgan fingerprint density at radius 3 is 2.20 bits per heavy atom. The molecule has 1 heterocycles. The van der Waals surface area contributed by atoms with Crippen LogP contribution in [0.1, 0.15) is 41.3 Å². The minimum atomic E-state index is -3.61. The maximum Gasteiger partial charge on any atom is 0.244 e. The van der Waals surface area contributed by atoms with Crippen molar-refractivity contribution in [3.63, 3.8) is 0 Å². The Balaban J connectivity index is 1.25. The smallest absolute Gasteiger partial charge is 0.244 e. The lowest BCUT2D eigenvalue weighted by Crippen LogP contribution is -2.38. The third-order valence-corrected chi connectivity index (χ3v) is 7.83. The van der Waals surface area contributed by atoms with Crippen LogP contribution in [0, 0.1) is 6.92 Å². The van der Waals surface area contributed by atoms with Crippen molar-refractivity contribution < 1.29 is 27.6 Å². The number of aryl methyl sites for hydroxylation is 1. The van der Waals surface area contributed by atoms with Gasteiger partial charge in [-0.15, -0.1) is 0 Å². The number of carbonyl (C=O) groups excluding carboxylic acids is 1. The van der Waals surface area contributed by atoms with Crippen molar-refractivity contribution in [3.8, 4) is 22.5 Å². The summed E-state index contributed by atoms with van der Waals surface area (Å²) in [5, 5.41) is 15.0. The second-order valence-corrected chi connectivity index (χ2v) is 12.0. The molecule has 40 heavy (non-hydrogen) atoms. The highest BCUT2D eigenvalue weighted by molar-refractivity contribution is 7.89. The van der Waals surface area contributed by atoms with E-state index < -0.39 is 27.4 Å². The average molecular weight is 561 g/mol. The number of aliphatic hydroxyl groups is 1. The van der Waals surface area contributed by atoms with Gasteiger partial charge in [0.25, 0.3) is 0 Å². The summed E-state index contributed by atoms with van der Waals surface area (Å²) < 4.78 is 36.5. The topological polar surface area (TPSA) is 119 Å². The number of aliphatic hydroxyl groups excluding tert-OH is 1. The zero-order chi connectivity index (χ0) is 28.3. The first-order valence-electron chi connectivity index (χ1n) is 13.2. The molecule has 0 spiro atoms. The van der Waals surface area contributed by atoms with Gasteiger partial charge in [0.15, 0.2) is 5.76 Å². The maximum atomic E-state index is 12.6. The number of nitrogens with one attached hydrogen (secondary N) is 1. The van der Waals surface area contributed by atoms with E-state index in [0.29, 0.717) is 36.5 Å². The average Bonchev–Trinajstić information content (AvgIpc) is 3.67. The molecule has 5 rings (SSSR count). The Bertz CT molecular complexity index is 1580. The van der Waals surface area contributed by atoms with E-state index in [1.165, 1.54) is 5.56 Å². The van der Waals surface area contributed by atoms with E-state index in [4.69, 9.17) is 9.26 Å². The van der Waals surface area contributed by atoms with E-state index in [1.807, 2.05) is 78.9 Å². The Morgan fingerprint density at radius 1 is 1.00 bits per heavy atom. The second-order valence-electron chi connectivity index (χ2n) is 10.3. The molecule has 0 unspecified atom stereocenters. The molecule has 1 fully saturated rings. The molecule has 1 aliphatic carbocycles. The number of nitrogens with zero attached hydrogens (tertiary/aromatic N) is 1. The second kappa shape index (κ2) is 11.4. The van der Waals surface area contributed by atoms with Crippen molar-refractivity contribution in [1.82, 2.24) is 9.88 Å². The van der Waals surface area contributed by atoms with E-state index in [9.17, 15) is 18.3 Å². The minimum Gasteiger partial charge on any atom is -0.386 e. The van der Waals surface area contributed by atoms with Crippen molar-refractivity contribution in [2.45, 2.75) is 37.7 Å². The first-order chi connectivity index (χ1) is 19.2. The Labute approximate surface area is 234 Å². The summed E-state index contributed by atoms with van der Waals surface area (Å²) in [6, 6.07) is 25.4. The molecule has 0 aliphatic heterocycles. The van der Waals surface area contributed by atoms with Crippen molar-refractivity contribution in [3.05, 3.63) is 101 Å². The fourth-order valence-corrected chi connectivity index (χ4v) is 5.46. The van der Waals surface area contributed by atoms with E-state index in [1.54, 1.807) is 6.92 Å². The van der Waals surface area contributed by atoms with Crippen LogP contribution in [-0.2, 0) is 31.4 Å². The number of carbonyl (C=O) groups is 1. The molecule has 1 aliphatic rings. The van der Waals surface area contributed by atoms with Gasteiger partial charge < -0.3 is 14.4 Å². The normalized spacial score (nSPS) is 15.0. The SMILES string of the molecule is Cc1noc(-c2ccc(-c3ccc(C4(C(=O)NS(C)(=O)=O)CC4)cc3)cc2)c1[C@H](O)COCCc1ccccc1.